The summed E-state index contributed by atoms with van der Waals surface area (Å²) in [7, 11) is 1.54. The number of nitrogens with zero attached hydrogens (tertiary/aromatic N) is 2. The number of carbonyl (C=O) groups is 1. The summed E-state index contributed by atoms with van der Waals surface area (Å²) in [5, 5.41) is 24.7. The fourth-order valence-electron chi connectivity index (χ4n) is 2.18. The highest BCUT2D eigenvalue weighted by atomic mass is 16.5. The molecule has 0 unspecified atom stereocenters. The Bertz CT molecular complexity index is 801. The molecule has 0 fully saturated rings. The second-order valence-corrected chi connectivity index (χ2v) is 4.60. The number of nitrogens with one attached hydrogen (secondary N) is 1. The normalized spacial score (nSPS) is 10.6. The molecule has 0 bridgehead atoms. The summed E-state index contributed by atoms with van der Waals surface area (Å²) in [5.41, 5.74) is 0.957. The van der Waals surface area contributed by atoms with Crippen molar-refractivity contribution in [1.82, 2.24) is 4.73 Å². The Morgan fingerprint density at radius 1 is 1.23 bits per heavy atom. The SMILES string of the molecule is COc1ccc(NC(=O)c2n(O)c3ccccc3[n+]2[O-])cc1. The predicted molar refractivity (Wildman–Crippen MR) is 79.0 cm³/mol. The Morgan fingerprint density at radius 3 is 2.55 bits per heavy atom. The first-order valence-corrected chi connectivity index (χ1v) is 6.49. The van der Waals surface area contributed by atoms with Crippen LogP contribution in [0.3, 0.4) is 0 Å². The molecule has 2 aromatic carbocycles. The van der Waals surface area contributed by atoms with Crippen LogP contribution in [0.1, 0.15) is 10.6 Å². The monoisotopic (exact) mass is 299 g/mol. The van der Waals surface area contributed by atoms with E-state index >= 15 is 0 Å². The maximum Gasteiger partial charge on any atom is 0.391 e. The lowest BCUT2D eigenvalue weighted by Gasteiger charge is -2.06. The lowest BCUT2D eigenvalue weighted by atomic mass is 10.3. The molecule has 0 aliphatic carbocycles. The summed E-state index contributed by atoms with van der Waals surface area (Å²) in [6, 6.07) is 13.0. The molecule has 0 spiro atoms. The summed E-state index contributed by atoms with van der Waals surface area (Å²) in [6.07, 6.45) is 0. The quantitative estimate of drug-likeness (QED) is 0.438. The Morgan fingerprint density at radius 2 is 1.91 bits per heavy atom. The van der Waals surface area contributed by atoms with Crippen LogP contribution in [-0.2, 0) is 0 Å². The molecule has 0 radical (unpaired) electrons. The molecule has 22 heavy (non-hydrogen) atoms. The van der Waals surface area contributed by atoms with E-state index in [0.717, 1.165) is 0 Å². The first kappa shape index (κ1) is 13.7. The molecule has 0 aliphatic heterocycles. The van der Waals surface area contributed by atoms with Gasteiger partial charge in [-0.25, -0.2) is 4.73 Å². The number of hydrogen-bond acceptors (Lipinski definition) is 4. The van der Waals surface area contributed by atoms with Gasteiger partial charge in [0, 0.05) is 5.69 Å². The maximum atomic E-state index is 12.2. The Hall–Kier alpha value is -3.22. The summed E-state index contributed by atoms with van der Waals surface area (Å²) in [4.78, 5) is 12.2. The molecule has 1 heterocycles. The molecule has 3 aromatic rings. The Labute approximate surface area is 125 Å². The number of para-hydroxylation sites is 2. The minimum Gasteiger partial charge on any atom is -0.710 e. The molecule has 112 valence electrons. The lowest BCUT2D eigenvalue weighted by molar-refractivity contribution is -0.582. The number of fused-ring (bicyclic) bond motifs is 1. The standard InChI is InChI=1S/C15H13N3O4/c1-22-11-8-6-10(7-9-11)16-14(19)15-17(20)12-4-2-3-5-13(12)18(15)21/h2-9,20H,1H3,(H,16,19). The van der Waals surface area contributed by atoms with Gasteiger partial charge in [0.25, 0.3) is 0 Å². The van der Waals surface area contributed by atoms with Crippen LogP contribution in [0.5, 0.6) is 5.75 Å². The average Bonchev–Trinajstić information content (AvgIpc) is 2.80. The van der Waals surface area contributed by atoms with Gasteiger partial charge in [-0.05, 0) is 41.1 Å². The van der Waals surface area contributed by atoms with Crippen molar-refractivity contribution in [2.75, 3.05) is 12.4 Å². The highest BCUT2D eigenvalue weighted by molar-refractivity contribution is 6.02. The van der Waals surface area contributed by atoms with Gasteiger partial charge in [0.2, 0.25) is 5.52 Å². The fourth-order valence-corrected chi connectivity index (χ4v) is 2.18. The van der Waals surface area contributed by atoms with Gasteiger partial charge in [0.15, 0.2) is 5.52 Å². The Kier molecular flexibility index (Phi) is 3.30. The molecule has 1 aromatic heterocycles. The summed E-state index contributed by atoms with van der Waals surface area (Å²) < 4.78 is 6.01. The average molecular weight is 299 g/mol. The van der Waals surface area contributed by atoms with E-state index in [1.807, 2.05) is 0 Å². The molecule has 0 atom stereocenters. The van der Waals surface area contributed by atoms with Crippen LogP contribution in [0, 0.1) is 5.21 Å². The molecule has 0 saturated heterocycles. The molecule has 1 amide bonds. The van der Waals surface area contributed by atoms with E-state index in [9.17, 15) is 15.2 Å². The first-order chi connectivity index (χ1) is 10.6. The van der Waals surface area contributed by atoms with E-state index in [2.05, 4.69) is 5.32 Å². The van der Waals surface area contributed by atoms with Gasteiger partial charge in [-0.15, -0.1) is 0 Å². The predicted octanol–water partition coefficient (Wildman–Crippen LogP) is 1.77. The van der Waals surface area contributed by atoms with Crippen LogP contribution in [0.25, 0.3) is 11.0 Å². The molecular weight excluding hydrogens is 286 g/mol. The summed E-state index contributed by atoms with van der Waals surface area (Å²) in [6.45, 7) is 0. The van der Waals surface area contributed by atoms with Crippen molar-refractivity contribution in [3.05, 3.63) is 59.6 Å². The second-order valence-electron chi connectivity index (χ2n) is 4.60. The van der Waals surface area contributed by atoms with Gasteiger partial charge >= 0.3 is 11.7 Å². The van der Waals surface area contributed by atoms with Crippen LogP contribution in [0.4, 0.5) is 5.69 Å². The van der Waals surface area contributed by atoms with Gasteiger partial charge in [-0.1, -0.05) is 12.1 Å². The highest BCUT2D eigenvalue weighted by Gasteiger charge is 2.28. The number of methoxy groups -OCH3 is 1. The molecular formula is C15H13N3O4. The zero-order valence-corrected chi connectivity index (χ0v) is 11.7. The minimum absolute atomic E-state index is 0.213. The highest BCUT2D eigenvalue weighted by Crippen LogP contribution is 2.17. The number of carbonyl (C=O) groups excluding carboxylic acids is 1. The van der Waals surface area contributed by atoms with E-state index in [0.29, 0.717) is 20.9 Å². The first-order valence-electron chi connectivity index (χ1n) is 6.49. The van der Waals surface area contributed by atoms with Gasteiger partial charge in [0.1, 0.15) is 5.75 Å². The Balaban J connectivity index is 1.95. The molecule has 0 saturated carbocycles. The summed E-state index contributed by atoms with van der Waals surface area (Å²) >= 11 is 0. The van der Waals surface area contributed by atoms with Crippen molar-refractivity contribution in [3.63, 3.8) is 0 Å². The van der Waals surface area contributed by atoms with Crippen LogP contribution >= 0.6 is 0 Å². The maximum absolute atomic E-state index is 12.2. The molecule has 2 N–H and O–H groups in total. The van der Waals surface area contributed by atoms with Crippen molar-refractivity contribution in [2.45, 2.75) is 0 Å². The molecule has 7 nitrogen and oxygen atoms in total. The second kappa shape index (κ2) is 5.28. The van der Waals surface area contributed by atoms with Gasteiger partial charge in [0.05, 0.1) is 7.11 Å². The number of amides is 1. The number of benzene rings is 2. The van der Waals surface area contributed by atoms with Crippen molar-refractivity contribution >= 4 is 22.6 Å². The largest absolute Gasteiger partial charge is 0.710 e. The lowest BCUT2D eigenvalue weighted by Crippen LogP contribution is -2.36. The van der Waals surface area contributed by atoms with Gasteiger partial charge < -0.3 is 20.5 Å². The molecule has 7 heteroatoms. The van der Waals surface area contributed by atoms with E-state index in [4.69, 9.17) is 4.74 Å². The number of aromatic nitrogens is 2. The zero-order valence-electron chi connectivity index (χ0n) is 11.7. The number of hydrogen-bond donors (Lipinski definition) is 2. The van der Waals surface area contributed by atoms with Crippen LogP contribution in [0.2, 0.25) is 0 Å². The summed E-state index contributed by atoms with van der Waals surface area (Å²) in [5.74, 6) is -0.468. The molecule has 0 aliphatic rings. The van der Waals surface area contributed by atoms with Crippen molar-refractivity contribution in [3.8, 4) is 5.75 Å². The smallest absolute Gasteiger partial charge is 0.391 e. The van der Waals surface area contributed by atoms with E-state index in [-0.39, 0.29) is 11.0 Å². The van der Waals surface area contributed by atoms with Gasteiger partial charge in [-0.3, -0.25) is 4.79 Å². The number of rotatable bonds is 3. The van der Waals surface area contributed by atoms with Crippen molar-refractivity contribution in [1.29, 1.82) is 0 Å². The van der Waals surface area contributed by atoms with Crippen molar-refractivity contribution in [2.24, 2.45) is 0 Å². The van der Waals surface area contributed by atoms with Crippen LogP contribution < -0.4 is 14.8 Å². The third kappa shape index (κ3) is 2.18. The van der Waals surface area contributed by atoms with E-state index in [1.54, 1.807) is 42.5 Å². The van der Waals surface area contributed by atoms with Crippen LogP contribution in [-0.4, -0.2) is 23.0 Å². The topological polar surface area (TPSA) is 90.4 Å². The van der Waals surface area contributed by atoms with Crippen molar-refractivity contribution < 1.29 is 19.5 Å². The zero-order chi connectivity index (χ0) is 15.7. The number of ether oxygens (including phenoxy) is 1. The van der Waals surface area contributed by atoms with E-state index in [1.165, 1.54) is 13.2 Å². The van der Waals surface area contributed by atoms with Gasteiger partial charge in [-0.2, -0.15) is 0 Å². The third-order valence-electron chi connectivity index (χ3n) is 3.27. The minimum atomic E-state index is -0.709. The number of imidazole rings is 1. The number of anilines is 1. The van der Waals surface area contributed by atoms with E-state index < -0.39 is 11.7 Å². The van der Waals surface area contributed by atoms with Crippen LogP contribution in [0.15, 0.2) is 48.5 Å². The fraction of sp³-hybridized carbons (Fsp3) is 0.0667. The molecule has 3 rings (SSSR count). The third-order valence-corrected chi connectivity index (χ3v) is 3.27.